The quantitative estimate of drug-likeness (QED) is 0.585. The summed E-state index contributed by atoms with van der Waals surface area (Å²) in [5, 5.41) is 20.4. The van der Waals surface area contributed by atoms with Gasteiger partial charge < -0.3 is 9.84 Å². The van der Waals surface area contributed by atoms with E-state index in [2.05, 4.69) is 0 Å². The van der Waals surface area contributed by atoms with Gasteiger partial charge in [0.1, 0.15) is 17.4 Å². The fraction of sp³-hybridized carbons (Fsp3) is 0.240. The van der Waals surface area contributed by atoms with Gasteiger partial charge in [-0.2, -0.15) is 5.26 Å². The molecule has 1 aromatic heterocycles. The number of rotatable bonds is 7. The highest BCUT2D eigenvalue weighted by Crippen LogP contribution is 2.26. The Morgan fingerprint density at radius 1 is 1.10 bits per heavy atom. The van der Waals surface area contributed by atoms with Crippen molar-refractivity contribution in [1.29, 1.82) is 5.26 Å². The second-order valence-corrected chi connectivity index (χ2v) is 7.39. The molecule has 0 aliphatic heterocycles. The molecule has 0 bridgehead atoms. The monoisotopic (exact) mass is 416 g/mol. The van der Waals surface area contributed by atoms with Gasteiger partial charge in [0.25, 0.3) is 5.56 Å². The standard InChI is InChI=1S/C25H24N2O4/c1-4-13-31-20-11-9-19(10-12-20)23(28)22-17(3)21(14-26)24(29)27(25(22)30)15-18-7-5-16(2)6-8-18/h5-12,30H,4,13,15H2,1-3H3. The van der Waals surface area contributed by atoms with Gasteiger partial charge in [0, 0.05) is 5.56 Å². The molecular weight excluding hydrogens is 392 g/mol. The Morgan fingerprint density at radius 2 is 1.74 bits per heavy atom. The summed E-state index contributed by atoms with van der Waals surface area (Å²) in [5.74, 6) is -0.272. The molecule has 6 nitrogen and oxygen atoms in total. The van der Waals surface area contributed by atoms with E-state index in [9.17, 15) is 20.0 Å². The van der Waals surface area contributed by atoms with Crippen molar-refractivity contribution >= 4 is 5.78 Å². The maximum Gasteiger partial charge on any atom is 0.271 e. The first kappa shape index (κ1) is 21.8. The maximum absolute atomic E-state index is 13.2. The van der Waals surface area contributed by atoms with Crippen LogP contribution in [0.3, 0.4) is 0 Å². The molecular formula is C25H24N2O4. The normalized spacial score (nSPS) is 10.5. The molecule has 158 valence electrons. The molecule has 0 aliphatic rings. The van der Waals surface area contributed by atoms with Crippen LogP contribution in [0.25, 0.3) is 0 Å². The van der Waals surface area contributed by atoms with Gasteiger partial charge in [-0.05, 0) is 55.7 Å². The number of pyridine rings is 1. The van der Waals surface area contributed by atoms with Crippen LogP contribution >= 0.6 is 0 Å². The van der Waals surface area contributed by atoms with Crippen molar-refractivity contribution in [2.45, 2.75) is 33.7 Å². The number of aromatic hydroxyl groups is 1. The summed E-state index contributed by atoms with van der Waals surface area (Å²) >= 11 is 0. The lowest BCUT2D eigenvalue weighted by Gasteiger charge is -2.16. The summed E-state index contributed by atoms with van der Waals surface area (Å²) < 4.78 is 6.61. The number of carbonyl (C=O) groups is 1. The van der Waals surface area contributed by atoms with Crippen molar-refractivity contribution in [2.24, 2.45) is 0 Å². The van der Waals surface area contributed by atoms with E-state index in [1.807, 2.05) is 44.2 Å². The van der Waals surface area contributed by atoms with Crippen LogP contribution < -0.4 is 10.3 Å². The maximum atomic E-state index is 13.2. The zero-order valence-electron chi connectivity index (χ0n) is 17.8. The molecule has 1 heterocycles. The fourth-order valence-corrected chi connectivity index (χ4v) is 3.31. The average Bonchev–Trinajstić information content (AvgIpc) is 2.77. The molecule has 3 rings (SSSR count). The molecule has 1 N–H and O–H groups in total. The highest BCUT2D eigenvalue weighted by molar-refractivity contribution is 6.11. The first-order valence-corrected chi connectivity index (χ1v) is 10.1. The minimum absolute atomic E-state index is 0.0456. The number of ether oxygens (including phenoxy) is 1. The van der Waals surface area contributed by atoms with E-state index < -0.39 is 17.2 Å². The summed E-state index contributed by atoms with van der Waals surface area (Å²) in [6, 6.07) is 15.9. The molecule has 0 unspecified atom stereocenters. The molecule has 2 aromatic carbocycles. The summed E-state index contributed by atoms with van der Waals surface area (Å²) in [6.07, 6.45) is 0.868. The van der Waals surface area contributed by atoms with Crippen molar-refractivity contribution in [3.8, 4) is 17.7 Å². The average molecular weight is 416 g/mol. The van der Waals surface area contributed by atoms with Crippen LogP contribution in [0, 0.1) is 25.2 Å². The SMILES string of the molecule is CCCOc1ccc(C(=O)c2c(C)c(C#N)c(=O)n(Cc3ccc(C)cc3)c2O)cc1. The summed E-state index contributed by atoms with van der Waals surface area (Å²) in [4.78, 5) is 26.0. The van der Waals surface area contributed by atoms with Crippen LogP contribution in [-0.2, 0) is 6.54 Å². The highest BCUT2D eigenvalue weighted by Gasteiger charge is 2.25. The third-order valence-electron chi connectivity index (χ3n) is 5.08. The van der Waals surface area contributed by atoms with Crippen LogP contribution in [0.5, 0.6) is 11.6 Å². The second-order valence-electron chi connectivity index (χ2n) is 7.39. The van der Waals surface area contributed by atoms with E-state index in [0.29, 0.717) is 17.9 Å². The van der Waals surface area contributed by atoms with Crippen molar-refractivity contribution < 1.29 is 14.6 Å². The zero-order valence-corrected chi connectivity index (χ0v) is 17.8. The number of ketones is 1. The number of hydrogen-bond donors (Lipinski definition) is 1. The van der Waals surface area contributed by atoms with E-state index in [1.165, 1.54) is 6.92 Å². The molecule has 3 aromatic rings. The lowest BCUT2D eigenvalue weighted by atomic mass is 9.97. The molecule has 6 heteroatoms. The molecule has 0 spiro atoms. The van der Waals surface area contributed by atoms with Crippen molar-refractivity contribution in [2.75, 3.05) is 6.61 Å². The second kappa shape index (κ2) is 9.31. The van der Waals surface area contributed by atoms with Gasteiger partial charge in [0.2, 0.25) is 5.88 Å². The van der Waals surface area contributed by atoms with E-state index >= 15 is 0 Å². The van der Waals surface area contributed by atoms with E-state index in [-0.39, 0.29) is 23.2 Å². The Hall–Kier alpha value is -3.85. The molecule has 0 radical (unpaired) electrons. The van der Waals surface area contributed by atoms with Gasteiger partial charge in [-0.3, -0.25) is 14.2 Å². The third-order valence-corrected chi connectivity index (χ3v) is 5.08. The Bertz CT molecular complexity index is 1200. The lowest BCUT2D eigenvalue weighted by Crippen LogP contribution is -2.27. The van der Waals surface area contributed by atoms with Gasteiger partial charge in [-0.25, -0.2) is 0 Å². The fourth-order valence-electron chi connectivity index (χ4n) is 3.31. The van der Waals surface area contributed by atoms with E-state index in [4.69, 9.17) is 4.74 Å². The van der Waals surface area contributed by atoms with Gasteiger partial charge in [0.15, 0.2) is 5.78 Å². The summed E-state index contributed by atoms with van der Waals surface area (Å²) in [6.45, 7) is 6.07. The zero-order chi connectivity index (χ0) is 22.5. The van der Waals surface area contributed by atoms with Crippen LogP contribution in [-0.4, -0.2) is 22.1 Å². The summed E-state index contributed by atoms with van der Waals surface area (Å²) in [5.41, 5.74) is 1.49. The topological polar surface area (TPSA) is 92.3 Å². The first-order chi connectivity index (χ1) is 14.9. The molecule has 0 fully saturated rings. The van der Waals surface area contributed by atoms with Gasteiger partial charge >= 0.3 is 0 Å². The number of aryl methyl sites for hydroxylation is 1. The van der Waals surface area contributed by atoms with Gasteiger partial charge in [0.05, 0.1) is 18.7 Å². The van der Waals surface area contributed by atoms with E-state index in [1.54, 1.807) is 24.3 Å². The number of carbonyl (C=O) groups excluding carboxylic acids is 1. The molecule has 31 heavy (non-hydrogen) atoms. The third kappa shape index (κ3) is 4.51. The predicted molar refractivity (Wildman–Crippen MR) is 118 cm³/mol. The largest absolute Gasteiger partial charge is 0.494 e. The first-order valence-electron chi connectivity index (χ1n) is 10.1. The van der Waals surface area contributed by atoms with Crippen molar-refractivity contribution in [3.63, 3.8) is 0 Å². The van der Waals surface area contributed by atoms with Crippen LogP contribution in [0.15, 0.2) is 53.3 Å². The van der Waals surface area contributed by atoms with Crippen LogP contribution in [0.2, 0.25) is 0 Å². The lowest BCUT2D eigenvalue weighted by molar-refractivity contribution is 0.103. The molecule has 0 aliphatic carbocycles. The Kier molecular flexibility index (Phi) is 6.56. The number of hydrogen-bond acceptors (Lipinski definition) is 5. The van der Waals surface area contributed by atoms with Crippen molar-refractivity contribution in [3.05, 3.63) is 92.3 Å². The molecule has 0 amide bonds. The van der Waals surface area contributed by atoms with Crippen LogP contribution in [0.4, 0.5) is 0 Å². The Balaban J connectivity index is 2.07. The Morgan fingerprint density at radius 3 is 2.32 bits per heavy atom. The van der Waals surface area contributed by atoms with E-state index in [0.717, 1.165) is 22.1 Å². The van der Waals surface area contributed by atoms with Crippen LogP contribution in [0.1, 0.15) is 51.5 Å². The molecule has 0 saturated carbocycles. The minimum Gasteiger partial charge on any atom is -0.494 e. The number of nitrogens with zero attached hydrogens (tertiary/aromatic N) is 2. The number of aromatic nitrogens is 1. The molecule has 0 atom stereocenters. The van der Waals surface area contributed by atoms with Crippen molar-refractivity contribution in [1.82, 2.24) is 4.57 Å². The summed E-state index contributed by atoms with van der Waals surface area (Å²) in [7, 11) is 0. The van der Waals surface area contributed by atoms with Gasteiger partial charge in [-0.15, -0.1) is 0 Å². The molecule has 0 saturated heterocycles. The smallest absolute Gasteiger partial charge is 0.271 e. The Labute approximate surface area is 181 Å². The highest BCUT2D eigenvalue weighted by atomic mass is 16.5. The number of nitriles is 1. The van der Waals surface area contributed by atoms with Gasteiger partial charge in [-0.1, -0.05) is 36.8 Å². The number of benzene rings is 2. The predicted octanol–water partition coefficient (Wildman–Crippen LogP) is 4.11. The minimum atomic E-state index is -0.627.